The van der Waals surface area contributed by atoms with E-state index < -0.39 is 35.0 Å². The van der Waals surface area contributed by atoms with Crippen LogP contribution in [-0.4, -0.2) is 35.7 Å². The van der Waals surface area contributed by atoms with Gasteiger partial charge in [0.25, 0.3) is 0 Å². The summed E-state index contributed by atoms with van der Waals surface area (Å²) in [6.45, 7) is 0.961. The molecule has 0 aromatic heterocycles. The fraction of sp³-hybridized carbons (Fsp3) is 0.231. The predicted octanol–water partition coefficient (Wildman–Crippen LogP) is 2.25. The van der Waals surface area contributed by atoms with Gasteiger partial charge in [-0.05, 0) is 19.1 Å². The van der Waals surface area contributed by atoms with Crippen molar-refractivity contribution in [1.82, 2.24) is 0 Å². The molecule has 0 amide bonds. The third kappa shape index (κ3) is 3.40. The van der Waals surface area contributed by atoms with E-state index in [0.29, 0.717) is 0 Å². The fourth-order valence-corrected chi connectivity index (χ4v) is 2.30. The summed E-state index contributed by atoms with van der Waals surface area (Å²) in [7, 11) is 1.12. The molecule has 0 fully saturated rings. The Bertz CT molecular complexity index is 624. The quantitative estimate of drug-likeness (QED) is 0.504. The molecule has 1 atom stereocenters. The smallest absolute Gasteiger partial charge is 0.339 e. The standard InChI is InChI=1S/C13H10Cl2O6/c1-5(16)8(12(18)19)11(17)9-7(14)4-3-6(10(9)15)13(20)21-2/h3-4,8H,1-2H3,(H,18,19). The molecule has 6 nitrogen and oxygen atoms in total. The lowest BCUT2D eigenvalue weighted by atomic mass is 9.93. The topological polar surface area (TPSA) is 97.7 Å². The summed E-state index contributed by atoms with van der Waals surface area (Å²) in [6.07, 6.45) is 0. The van der Waals surface area contributed by atoms with Gasteiger partial charge in [0, 0.05) is 0 Å². The molecule has 0 aliphatic heterocycles. The Kier molecular flexibility index (Phi) is 5.46. The van der Waals surface area contributed by atoms with Gasteiger partial charge in [0.15, 0.2) is 17.5 Å². The maximum Gasteiger partial charge on any atom is 0.339 e. The van der Waals surface area contributed by atoms with Crippen LogP contribution in [-0.2, 0) is 14.3 Å². The summed E-state index contributed by atoms with van der Waals surface area (Å²) in [6, 6.07) is 2.43. The minimum absolute atomic E-state index is 0.153. The first-order valence-electron chi connectivity index (χ1n) is 5.56. The number of Topliss-reactive ketones (excluding diaryl/α,β-unsaturated/α-hetero) is 2. The second-order valence-electron chi connectivity index (χ2n) is 4.02. The van der Waals surface area contributed by atoms with Crippen LogP contribution in [0.25, 0.3) is 0 Å². The number of aliphatic carboxylic acids is 1. The Labute approximate surface area is 129 Å². The van der Waals surface area contributed by atoms with Crippen LogP contribution in [0.1, 0.15) is 27.6 Å². The first kappa shape index (κ1) is 17.1. The number of carbonyl (C=O) groups excluding carboxylic acids is 3. The van der Waals surface area contributed by atoms with Crippen LogP contribution < -0.4 is 0 Å². The number of halogens is 2. The molecule has 0 aliphatic carbocycles. The highest BCUT2D eigenvalue weighted by molar-refractivity contribution is 6.43. The lowest BCUT2D eigenvalue weighted by Gasteiger charge is -2.12. The highest BCUT2D eigenvalue weighted by Crippen LogP contribution is 2.31. The number of carbonyl (C=O) groups is 4. The molecule has 1 unspecified atom stereocenters. The molecule has 0 bridgehead atoms. The lowest BCUT2D eigenvalue weighted by Crippen LogP contribution is -2.30. The molecule has 21 heavy (non-hydrogen) atoms. The van der Waals surface area contributed by atoms with Crippen LogP contribution in [0.5, 0.6) is 0 Å². The van der Waals surface area contributed by atoms with E-state index in [9.17, 15) is 19.2 Å². The molecule has 0 spiro atoms. The lowest BCUT2D eigenvalue weighted by molar-refractivity contribution is -0.143. The van der Waals surface area contributed by atoms with E-state index in [1.807, 2.05) is 0 Å². The summed E-state index contributed by atoms with van der Waals surface area (Å²) in [5.74, 6) is -6.34. The van der Waals surface area contributed by atoms with Gasteiger partial charge in [0.05, 0.1) is 28.3 Å². The minimum atomic E-state index is -1.94. The SMILES string of the molecule is COC(=O)c1ccc(Cl)c(C(=O)C(C(C)=O)C(=O)O)c1Cl. The largest absolute Gasteiger partial charge is 0.480 e. The van der Waals surface area contributed by atoms with Gasteiger partial charge >= 0.3 is 11.9 Å². The number of carboxylic acids is 1. The average molecular weight is 333 g/mol. The van der Waals surface area contributed by atoms with E-state index >= 15 is 0 Å². The van der Waals surface area contributed by atoms with Crippen LogP contribution in [0.4, 0.5) is 0 Å². The van der Waals surface area contributed by atoms with Crippen molar-refractivity contribution in [2.24, 2.45) is 5.92 Å². The normalized spacial score (nSPS) is 11.6. The molecule has 112 valence electrons. The van der Waals surface area contributed by atoms with E-state index in [-0.39, 0.29) is 15.6 Å². The first-order valence-corrected chi connectivity index (χ1v) is 6.31. The zero-order valence-corrected chi connectivity index (χ0v) is 12.5. The van der Waals surface area contributed by atoms with Gasteiger partial charge in [0.1, 0.15) is 0 Å². The molecule has 1 rings (SSSR count). The van der Waals surface area contributed by atoms with Crippen molar-refractivity contribution in [2.75, 3.05) is 7.11 Å². The molecule has 1 aromatic carbocycles. The highest BCUT2D eigenvalue weighted by atomic mass is 35.5. The Hall–Kier alpha value is -1.92. The number of methoxy groups -OCH3 is 1. The van der Waals surface area contributed by atoms with Crippen LogP contribution in [0.15, 0.2) is 12.1 Å². The molecule has 0 saturated carbocycles. The molecular formula is C13H10Cl2O6. The molecular weight excluding hydrogens is 323 g/mol. The predicted molar refractivity (Wildman–Crippen MR) is 73.9 cm³/mol. The van der Waals surface area contributed by atoms with E-state index in [1.54, 1.807) is 0 Å². The van der Waals surface area contributed by atoms with Gasteiger partial charge in [-0.15, -0.1) is 0 Å². The number of benzene rings is 1. The van der Waals surface area contributed by atoms with Crippen LogP contribution in [0.2, 0.25) is 10.0 Å². The highest BCUT2D eigenvalue weighted by Gasteiger charge is 2.35. The van der Waals surface area contributed by atoms with Crippen LogP contribution in [0, 0.1) is 5.92 Å². The van der Waals surface area contributed by atoms with Crippen molar-refractivity contribution in [3.8, 4) is 0 Å². The summed E-state index contributed by atoms with van der Waals surface area (Å²) >= 11 is 11.8. The van der Waals surface area contributed by atoms with E-state index in [0.717, 1.165) is 14.0 Å². The number of esters is 1. The fourth-order valence-electron chi connectivity index (χ4n) is 1.66. The third-order valence-corrected chi connectivity index (χ3v) is 3.37. The molecule has 0 heterocycles. The van der Waals surface area contributed by atoms with Crippen molar-refractivity contribution < 1.29 is 29.0 Å². The maximum atomic E-state index is 12.2. The second kappa shape index (κ2) is 6.69. The monoisotopic (exact) mass is 332 g/mol. The minimum Gasteiger partial charge on any atom is -0.480 e. The van der Waals surface area contributed by atoms with Crippen molar-refractivity contribution in [3.63, 3.8) is 0 Å². The zero-order chi connectivity index (χ0) is 16.3. The summed E-state index contributed by atoms with van der Waals surface area (Å²) < 4.78 is 4.49. The van der Waals surface area contributed by atoms with E-state index in [1.165, 1.54) is 12.1 Å². The van der Waals surface area contributed by atoms with Gasteiger partial charge in [0.2, 0.25) is 0 Å². The van der Waals surface area contributed by atoms with Gasteiger partial charge in [-0.3, -0.25) is 14.4 Å². The van der Waals surface area contributed by atoms with Crippen molar-refractivity contribution in [3.05, 3.63) is 33.3 Å². The number of carboxylic acid groups (broad SMARTS) is 1. The van der Waals surface area contributed by atoms with Crippen molar-refractivity contribution >= 4 is 46.7 Å². The average Bonchev–Trinajstić information content (AvgIpc) is 2.37. The maximum absolute atomic E-state index is 12.2. The molecule has 0 radical (unpaired) electrons. The third-order valence-electron chi connectivity index (χ3n) is 2.66. The number of hydrogen-bond donors (Lipinski definition) is 1. The number of hydrogen-bond acceptors (Lipinski definition) is 5. The van der Waals surface area contributed by atoms with E-state index in [4.69, 9.17) is 28.3 Å². The van der Waals surface area contributed by atoms with Gasteiger partial charge in [-0.25, -0.2) is 4.79 Å². The Morgan fingerprint density at radius 2 is 1.76 bits per heavy atom. The van der Waals surface area contributed by atoms with Gasteiger partial charge in [-0.1, -0.05) is 23.2 Å². The number of ketones is 2. The summed E-state index contributed by atoms with van der Waals surface area (Å²) in [5, 5.41) is 8.45. The van der Waals surface area contributed by atoms with Gasteiger partial charge in [-0.2, -0.15) is 0 Å². The van der Waals surface area contributed by atoms with Crippen LogP contribution >= 0.6 is 23.2 Å². The zero-order valence-electron chi connectivity index (χ0n) is 11.0. The van der Waals surface area contributed by atoms with Crippen LogP contribution in [0.3, 0.4) is 0 Å². The Morgan fingerprint density at radius 1 is 1.19 bits per heavy atom. The van der Waals surface area contributed by atoms with Crippen molar-refractivity contribution in [2.45, 2.75) is 6.92 Å². The molecule has 8 heteroatoms. The van der Waals surface area contributed by atoms with E-state index in [2.05, 4.69) is 4.74 Å². The number of ether oxygens (including phenoxy) is 1. The van der Waals surface area contributed by atoms with Gasteiger partial charge < -0.3 is 9.84 Å². The molecule has 0 aliphatic rings. The molecule has 1 aromatic rings. The first-order chi connectivity index (χ1) is 9.72. The second-order valence-corrected chi connectivity index (χ2v) is 4.81. The summed E-state index contributed by atoms with van der Waals surface area (Å²) in [4.78, 5) is 46.1. The molecule has 1 N–H and O–H groups in total. The number of rotatable bonds is 5. The summed E-state index contributed by atoms with van der Waals surface area (Å²) in [5.41, 5.74) is -0.552. The van der Waals surface area contributed by atoms with Crippen molar-refractivity contribution in [1.29, 1.82) is 0 Å². The Morgan fingerprint density at radius 3 is 2.19 bits per heavy atom. The molecule has 0 saturated heterocycles. The Balaban J connectivity index is 3.48.